The summed E-state index contributed by atoms with van der Waals surface area (Å²) in [7, 11) is 0. The smallest absolute Gasteiger partial charge is 0.103 e. The third kappa shape index (κ3) is 6.62. The zero-order valence-corrected chi connectivity index (χ0v) is 15.1. The van der Waals surface area contributed by atoms with Gasteiger partial charge < -0.3 is 15.3 Å². The van der Waals surface area contributed by atoms with Crippen molar-refractivity contribution in [1.82, 2.24) is 0 Å². The molecule has 0 heterocycles. The molecule has 4 unspecified atom stereocenters. The van der Waals surface area contributed by atoms with E-state index in [1.807, 2.05) is 6.08 Å². The van der Waals surface area contributed by atoms with E-state index in [0.29, 0.717) is 17.9 Å². The van der Waals surface area contributed by atoms with Crippen molar-refractivity contribution in [3.63, 3.8) is 0 Å². The largest absolute Gasteiger partial charge is 0.392 e. The molecule has 0 amide bonds. The highest BCUT2D eigenvalue weighted by Gasteiger charge is 2.32. The Morgan fingerprint density at radius 2 is 2.00 bits per heavy atom. The van der Waals surface area contributed by atoms with Crippen LogP contribution in [0.4, 0.5) is 0 Å². The maximum atomic E-state index is 10.7. The van der Waals surface area contributed by atoms with Gasteiger partial charge in [-0.05, 0) is 70.3 Å². The average molecular weight is 322 g/mol. The molecule has 0 radical (unpaired) electrons. The third-order valence-corrected chi connectivity index (χ3v) is 4.95. The Labute approximate surface area is 141 Å². The van der Waals surface area contributed by atoms with Gasteiger partial charge in [-0.1, -0.05) is 36.3 Å². The molecule has 0 aromatic heterocycles. The first-order chi connectivity index (χ1) is 10.9. The fourth-order valence-electron chi connectivity index (χ4n) is 3.28. The van der Waals surface area contributed by atoms with Gasteiger partial charge in [-0.25, -0.2) is 0 Å². The zero-order valence-electron chi connectivity index (χ0n) is 15.1. The molecule has 3 nitrogen and oxygen atoms in total. The Bertz CT molecular complexity index is 444. The number of allylic oxidation sites excluding steroid dienone is 5. The van der Waals surface area contributed by atoms with Crippen LogP contribution in [-0.2, 0) is 0 Å². The van der Waals surface area contributed by atoms with E-state index in [1.165, 1.54) is 11.1 Å². The predicted molar refractivity (Wildman–Crippen MR) is 96.1 cm³/mol. The molecule has 0 bridgehead atoms. The number of aliphatic hydroxyl groups excluding tert-OH is 3. The minimum Gasteiger partial charge on any atom is -0.392 e. The van der Waals surface area contributed by atoms with Crippen LogP contribution in [0.25, 0.3) is 0 Å². The monoisotopic (exact) mass is 322 g/mol. The van der Waals surface area contributed by atoms with Crippen LogP contribution < -0.4 is 0 Å². The van der Waals surface area contributed by atoms with Gasteiger partial charge in [0.1, 0.15) is 6.10 Å². The highest BCUT2D eigenvalue weighted by atomic mass is 16.3. The summed E-state index contributed by atoms with van der Waals surface area (Å²) in [5.74, 6) is 0.356. The fraction of sp³-hybridized carbons (Fsp3) is 0.700. The van der Waals surface area contributed by atoms with E-state index in [9.17, 15) is 15.3 Å². The van der Waals surface area contributed by atoms with E-state index in [1.54, 1.807) is 0 Å². The summed E-state index contributed by atoms with van der Waals surface area (Å²) < 4.78 is 0. The van der Waals surface area contributed by atoms with E-state index in [-0.39, 0.29) is 12.5 Å². The summed E-state index contributed by atoms with van der Waals surface area (Å²) in [4.78, 5) is 0. The highest BCUT2D eigenvalue weighted by Crippen LogP contribution is 2.31. The van der Waals surface area contributed by atoms with Gasteiger partial charge in [0, 0.05) is 0 Å². The van der Waals surface area contributed by atoms with Crippen LogP contribution in [0.15, 0.2) is 34.9 Å². The number of hydrogen-bond acceptors (Lipinski definition) is 3. The first-order valence-corrected chi connectivity index (χ1v) is 8.81. The molecule has 0 fully saturated rings. The number of aliphatic hydroxyl groups is 3. The molecule has 0 saturated carbocycles. The molecule has 1 aliphatic carbocycles. The quantitative estimate of drug-likeness (QED) is 0.676. The van der Waals surface area contributed by atoms with Gasteiger partial charge in [0.15, 0.2) is 0 Å². The van der Waals surface area contributed by atoms with Gasteiger partial charge in [-0.3, -0.25) is 0 Å². The summed E-state index contributed by atoms with van der Waals surface area (Å²) in [6, 6.07) is 0. The molecule has 3 heteroatoms. The van der Waals surface area contributed by atoms with Crippen LogP contribution in [0.1, 0.15) is 59.8 Å². The minimum absolute atomic E-state index is 0.0342. The topological polar surface area (TPSA) is 60.7 Å². The molecule has 1 aliphatic rings. The molecule has 23 heavy (non-hydrogen) atoms. The van der Waals surface area contributed by atoms with Crippen LogP contribution in [0.3, 0.4) is 0 Å². The molecule has 3 N–H and O–H groups in total. The lowest BCUT2D eigenvalue weighted by molar-refractivity contribution is -0.0224. The fourth-order valence-corrected chi connectivity index (χ4v) is 3.28. The third-order valence-electron chi connectivity index (χ3n) is 4.95. The number of rotatable bonds is 5. The normalized spacial score (nSPS) is 27.7. The molecule has 4 atom stereocenters. The lowest BCUT2D eigenvalue weighted by Crippen LogP contribution is -2.39. The maximum Gasteiger partial charge on any atom is 0.103 e. The van der Waals surface area contributed by atoms with Crippen molar-refractivity contribution in [1.29, 1.82) is 0 Å². The van der Waals surface area contributed by atoms with E-state index in [0.717, 1.165) is 25.7 Å². The van der Waals surface area contributed by atoms with Crippen LogP contribution in [0.5, 0.6) is 0 Å². The molecule has 0 aromatic carbocycles. The van der Waals surface area contributed by atoms with Crippen molar-refractivity contribution in [2.45, 2.75) is 72.0 Å². The lowest BCUT2D eigenvalue weighted by atomic mass is 9.78. The van der Waals surface area contributed by atoms with E-state index in [2.05, 4.69) is 39.8 Å². The van der Waals surface area contributed by atoms with E-state index < -0.39 is 12.2 Å². The first-order valence-electron chi connectivity index (χ1n) is 8.81. The van der Waals surface area contributed by atoms with Gasteiger partial charge in [-0.15, -0.1) is 0 Å². The Hall–Kier alpha value is -0.900. The van der Waals surface area contributed by atoms with Crippen LogP contribution in [-0.4, -0.2) is 34.1 Å². The van der Waals surface area contributed by atoms with Crippen molar-refractivity contribution in [2.75, 3.05) is 6.61 Å². The standard InChI is InChI=1S/C20H34O3/c1-14(2)7-5-9-16(4)18-12-11-15(3)8-6-10-17(13-21)19(22)20(18)23/h7-8,10,16,18-23H,5-6,9,11-13H2,1-4H3. The van der Waals surface area contributed by atoms with Gasteiger partial charge >= 0.3 is 0 Å². The van der Waals surface area contributed by atoms with Gasteiger partial charge in [0.05, 0.1) is 12.7 Å². The van der Waals surface area contributed by atoms with Crippen molar-refractivity contribution in [3.8, 4) is 0 Å². The summed E-state index contributed by atoms with van der Waals surface area (Å²) in [6.07, 6.45) is 8.94. The molecule has 1 rings (SSSR count). The molecular formula is C20H34O3. The Balaban J connectivity index is 2.89. The van der Waals surface area contributed by atoms with Gasteiger partial charge in [0.2, 0.25) is 0 Å². The Kier molecular flexibility index (Phi) is 8.82. The maximum absolute atomic E-state index is 10.7. The zero-order chi connectivity index (χ0) is 17.4. The summed E-state index contributed by atoms with van der Waals surface area (Å²) in [5.41, 5.74) is 3.15. The summed E-state index contributed by atoms with van der Waals surface area (Å²) >= 11 is 0. The van der Waals surface area contributed by atoms with Crippen LogP contribution in [0, 0.1) is 11.8 Å². The predicted octanol–water partition coefficient (Wildman–Crippen LogP) is 3.76. The lowest BCUT2D eigenvalue weighted by Gasteiger charge is -2.33. The van der Waals surface area contributed by atoms with Crippen molar-refractivity contribution in [3.05, 3.63) is 34.9 Å². The highest BCUT2D eigenvalue weighted by molar-refractivity contribution is 5.15. The van der Waals surface area contributed by atoms with E-state index in [4.69, 9.17) is 0 Å². The van der Waals surface area contributed by atoms with Gasteiger partial charge in [0.25, 0.3) is 0 Å². The second-order valence-corrected chi connectivity index (χ2v) is 7.20. The van der Waals surface area contributed by atoms with Crippen molar-refractivity contribution >= 4 is 0 Å². The van der Waals surface area contributed by atoms with Crippen molar-refractivity contribution < 1.29 is 15.3 Å². The second-order valence-electron chi connectivity index (χ2n) is 7.20. The van der Waals surface area contributed by atoms with Gasteiger partial charge in [-0.2, -0.15) is 0 Å². The molecule has 0 saturated heterocycles. The SMILES string of the molecule is CC(C)=CCCC(C)C1CCC(C)=CCC=C(CO)C(O)C1O. The molecule has 0 aliphatic heterocycles. The average Bonchev–Trinajstić information content (AvgIpc) is 2.50. The second kappa shape index (κ2) is 10.1. The summed E-state index contributed by atoms with van der Waals surface area (Å²) in [5, 5.41) is 30.6. The first kappa shape index (κ1) is 20.1. The summed E-state index contributed by atoms with van der Waals surface area (Å²) in [6.45, 7) is 8.26. The van der Waals surface area contributed by atoms with Crippen LogP contribution in [0.2, 0.25) is 0 Å². The van der Waals surface area contributed by atoms with Crippen LogP contribution >= 0.6 is 0 Å². The Morgan fingerprint density at radius 3 is 2.61 bits per heavy atom. The van der Waals surface area contributed by atoms with Crippen molar-refractivity contribution in [2.24, 2.45) is 11.8 Å². The molecule has 132 valence electrons. The molecule has 0 spiro atoms. The molecule has 0 aromatic rings. The Morgan fingerprint density at radius 1 is 1.30 bits per heavy atom. The molecular weight excluding hydrogens is 288 g/mol. The number of hydrogen-bond donors (Lipinski definition) is 3. The minimum atomic E-state index is -0.970. The van der Waals surface area contributed by atoms with E-state index >= 15 is 0 Å².